The minimum absolute atomic E-state index is 0.180. The Hall–Kier alpha value is -1.36. The van der Waals surface area contributed by atoms with Gasteiger partial charge in [-0.15, -0.1) is 0 Å². The minimum atomic E-state index is -0.191. The summed E-state index contributed by atoms with van der Waals surface area (Å²) in [6.07, 6.45) is 7.84. The number of nitrogens with one attached hydrogen (secondary N) is 1. The van der Waals surface area contributed by atoms with Gasteiger partial charge in [0.15, 0.2) is 0 Å². The van der Waals surface area contributed by atoms with Crippen molar-refractivity contribution in [2.75, 3.05) is 6.54 Å². The van der Waals surface area contributed by atoms with Crippen LogP contribution in [0.1, 0.15) is 39.0 Å². The first kappa shape index (κ1) is 14.6. The van der Waals surface area contributed by atoms with Crippen LogP contribution in [-0.4, -0.2) is 21.7 Å². The molecule has 0 atom stereocenters. The molecule has 5 nitrogen and oxygen atoms in total. The van der Waals surface area contributed by atoms with Gasteiger partial charge in [0.2, 0.25) is 0 Å². The van der Waals surface area contributed by atoms with Crippen molar-refractivity contribution in [1.29, 1.82) is 0 Å². The lowest BCUT2D eigenvalue weighted by Crippen LogP contribution is -2.43. The predicted molar refractivity (Wildman–Crippen MR) is 82.5 cm³/mol. The highest BCUT2D eigenvalue weighted by Gasteiger charge is 2.40. The highest BCUT2D eigenvalue weighted by molar-refractivity contribution is 4.96. The van der Waals surface area contributed by atoms with E-state index in [1.165, 1.54) is 36.3 Å². The topological polar surface area (TPSA) is 56.0 Å². The van der Waals surface area contributed by atoms with E-state index >= 15 is 0 Å². The Morgan fingerprint density at radius 1 is 1.19 bits per heavy atom. The molecule has 0 unspecified atom stereocenters. The van der Waals surface area contributed by atoms with Gasteiger partial charge >= 0.3 is 5.69 Å². The molecule has 2 aliphatic rings. The van der Waals surface area contributed by atoms with Gasteiger partial charge in [0, 0.05) is 37.9 Å². The Bertz CT molecular complexity index is 584. The summed E-state index contributed by atoms with van der Waals surface area (Å²) in [5.41, 5.74) is -0.371. The Balaban J connectivity index is 1.62. The van der Waals surface area contributed by atoms with Gasteiger partial charge < -0.3 is 9.88 Å². The molecule has 2 saturated carbocycles. The normalized spacial score (nSPS) is 18.4. The SMILES string of the molecule is CCCn1ccc(=O)n(CCNC(C2CC2)C2CC2)c1=O. The van der Waals surface area contributed by atoms with Crippen LogP contribution in [0.25, 0.3) is 0 Å². The first-order chi connectivity index (χ1) is 10.2. The van der Waals surface area contributed by atoms with E-state index in [1.807, 2.05) is 6.92 Å². The monoisotopic (exact) mass is 291 g/mol. The molecular formula is C16H25N3O2. The molecule has 0 aliphatic heterocycles. The summed E-state index contributed by atoms with van der Waals surface area (Å²) in [5.74, 6) is 1.67. The molecule has 2 fully saturated rings. The van der Waals surface area contributed by atoms with Crippen molar-refractivity contribution in [3.8, 4) is 0 Å². The quantitative estimate of drug-likeness (QED) is 0.783. The number of aryl methyl sites for hydroxylation is 1. The molecule has 1 aromatic rings. The van der Waals surface area contributed by atoms with E-state index < -0.39 is 0 Å². The first-order valence-electron chi connectivity index (χ1n) is 8.24. The second-order valence-electron chi connectivity index (χ2n) is 6.44. The van der Waals surface area contributed by atoms with Crippen LogP contribution in [-0.2, 0) is 13.1 Å². The zero-order valence-electron chi connectivity index (χ0n) is 12.8. The highest BCUT2D eigenvalue weighted by Crippen LogP contribution is 2.44. The summed E-state index contributed by atoms with van der Waals surface area (Å²) in [5, 5.41) is 3.59. The van der Waals surface area contributed by atoms with E-state index in [9.17, 15) is 9.59 Å². The van der Waals surface area contributed by atoms with Gasteiger partial charge in [0.05, 0.1) is 0 Å². The van der Waals surface area contributed by atoms with Gasteiger partial charge in [0.25, 0.3) is 5.56 Å². The summed E-state index contributed by atoms with van der Waals surface area (Å²) in [4.78, 5) is 24.1. The van der Waals surface area contributed by atoms with Crippen LogP contribution in [0.15, 0.2) is 21.9 Å². The van der Waals surface area contributed by atoms with Gasteiger partial charge in [-0.25, -0.2) is 4.79 Å². The molecule has 5 heteroatoms. The summed E-state index contributed by atoms with van der Waals surface area (Å²) >= 11 is 0. The van der Waals surface area contributed by atoms with Gasteiger partial charge in [-0.2, -0.15) is 0 Å². The zero-order valence-corrected chi connectivity index (χ0v) is 12.8. The lowest BCUT2D eigenvalue weighted by atomic mass is 10.1. The number of aromatic nitrogens is 2. The fourth-order valence-corrected chi connectivity index (χ4v) is 3.15. The summed E-state index contributed by atoms with van der Waals surface area (Å²) in [6.45, 7) is 3.87. The molecule has 116 valence electrons. The molecule has 0 radical (unpaired) electrons. The lowest BCUT2D eigenvalue weighted by Gasteiger charge is -2.18. The average molecular weight is 291 g/mol. The molecule has 0 bridgehead atoms. The van der Waals surface area contributed by atoms with Crippen LogP contribution in [0.4, 0.5) is 0 Å². The Kier molecular flexibility index (Phi) is 4.29. The number of nitrogens with zero attached hydrogens (tertiary/aromatic N) is 2. The Morgan fingerprint density at radius 3 is 2.43 bits per heavy atom. The van der Waals surface area contributed by atoms with Crippen LogP contribution >= 0.6 is 0 Å². The number of rotatable bonds is 8. The second kappa shape index (κ2) is 6.18. The molecule has 2 aliphatic carbocycles. The fourth-order valence-electron chi connectivity index (χ4n) is 3.15. The van der Waals surface area contributed by atoms with Crippen LogP contribution in [0.3, 0.4) is 0 Å². The van der Waals surface area contributed by atoms with E-state index in [0.717, 1.165) is 18.3 Å². The largest absolute Gasteiger partial charge is 0.331 e. The van der Waals surface area contributed by atoms with Crippen LogP contribution in [0.2, 0.25) is 0 Å². The van der Waals surface area contributed by atoms with E-state index in [2.05, 4.69) is 5.32 Å². The summed E-state index contributed by atoms with van der Waals surface area (Å²) in [6, 6.07) is 2.11. The molecular weight excluding hydrogens is 266 g/mol. The third kappa shape index (κ3) is 3.46. The minimum Gasteiger partial charge on any atom is -0.312 e. The van der Waals surface area contributed by atoms with Crippen LogP contribution in [0, 0.1) is 11.8 Å². The Labute approximate surface area is 125 Å². The van der Waals surface area contributed by atoms with E-state index in [-0.39, 0.29) is 11.2 Å². The highest BCUT2D eigenvalue weighted by atomic mass is 16.2. The lowest BCUT2D eigenvalue weighted by molar-refractivity contribution is 0.399. The number of hydrogen-bond donors (Lipinski definition) is 1. The molecule has 1 N–H and O–H groups in total. The van der Waals surface area contributed by atoms with Crippen molar-refractivity contribution in [2.45, 2.75) is 58.2 Å². The summed E-state index contributed by atoms with van der Waals surface area (Å²) < 4.78 is 2.99. The van der Waals surface area contributed by atoms with Gasteiger partial charge in [-0.3, -0.25) is 9.36 Å². The average Bonchev–Trinajstić information content (AvgIpc) is 3.35. The van der Waals surface area contributed by atoms with Crippen molar-refractivity contribution in [2.24, 2.45) is 11.8 Å². The maximum Gasteiger partial charge on any atom is 0.331 e. The molecule has 0 aromatic carbocycles. The van der Waals surface area contributed by atoms with Crippen molar-refractivity contribution in [3.05, 3.63) is 33.1 Å². The Morgan fingerprint density at radius 2 is 1.86 bits per heavy atom. The van der Waals surface area contributed by atoms with Gasteiger partial charge in [-0.1, -0.05) is 6.92 Å². The zero-order chi connectivity index (χ0) is 14.8. The third-order valence-corrected chi connectivity index (χ3v) is 4.58. The van der Waals surface area contributed by atoms with E-state index in [0.29, 0.717) is 25.7 Å². The van der Waals surface area contributed by atoms with Crippen molar-refractivity contribution >= 4 is 0 Å². The molecule has 0 spiro atoms. The smallest absolute Gasteiger partial charge is 0.312 e. The molecule has 1 heterocycles. The van der Waals surface area contributed by atoms with Crippen molar-refractivity contribution < 1.29 is 0 Å². The van der Waals surface area contributed by atoms with Crippen LogP contribution < -0.4 is 16.6 Å². The number of hydrogen-bond acceptors (Lipinski definition) is 3. The van der Waals surface area contributed by atoms with Crippen molar-refractivity contribution in [3.63, 3.8) is 0 Å². The summed E-state index contributed by atoms with van der Waals surface area (Å²) in [7, 11) is 0. The third-order valence-electron chi connectivity index (χ3n) is 4.58. The second-order valence-corrected chi connectivity index (χ2v) is 6.44. The maximum atomic E-state index is 12.2. The van der Waals surface area contributed by atoms with E-state index in [4.69, 9.17) is 0 Å². The van der Waals surface area contributed by atoms with E-state index in [1.54, 1.807) is 10.8 Å². The molecule has 0 amide bonds. The first-order valence-corrected chi connectivity index (χ1v) is 8.24. The predicted octanol–water partition coefficient (Wildman–Crippen LogP) is 1.20. The van der Waals surface area contributed by atoms with Crippen molar-refractivity contribution in [1.82, 2.24) is 14.5 Å². The fraction of sp³-hybridized carbons (Fsp3) is 0.750. The standard InChI is InChI=1S/C16H25N3O2/c1-2-9-18-10-7-14(20)19(16(18)21)11-8-17-15(12-3-4-12)13-5-6-13/h7,10,12-13,15,17H,2-6,8-9,11H2,1H3. The van der Waals surface area contributed by atoms with Crippen LogP contribution in [0.5, 0.6) is 0 Å². The molecule has 0 saturated heterocycles. The molecule has 1 aromatic heterocycles. The molecule has 21 heavy (non-hydrogen) atoms. The van der Waals surface area contributed by atoms with Gasteiger partial charge in [-0.05, 0) is 43.9 Å². The van der Waals surface area contributed by atoms with Gasteiger partial charge in [0.1, 0.15) is 0 Å². The molecule has 3 rings (SSSR count). The maximum absolute atomic E-state index is 12.2.